The van der Waals surface area contributed by atoms with Gasteiger partial charge >= 0.3 is 7.12 Å². The number of aliphatic imine (C=N–C) groups is 1. The van der Waals surface area contributed by atoms with E-state index >= 15 is 0 Å². The first kappa shape index (κ1) is 24.3. The summed E-state index contributed by atoms with van der Waals surface area (Å²) in [5.74, 6) is 2.25. The van der Waals surface area contributed by atoms with E-state index in [2.05, 4.69) is 85.6 Å². The highest BCUT2D eigenvalue weighted by Crippen LogP contribution is 2.40. The Balaban J connectivity index is 1.45. The second-order valence-corrected chi connectivity index (χ2v) is 11.9. The predicted octanol–water partition coefficient (Wildman–Crippen LogP) is 4.68. The molecule has 1 fully saturated rings. The largest absolute Gasteiger partial charge is 0.494 e. The number of aromatic nitrogens is 4. The molecule has 2 aliphatic heterocycles. The summed E-state index contributed by atoms with van der Waals surface area (Å²) in [6, 6.07) is 8.08. The maximum absolute atomic E-state index is 6.27. The highest BCUT2D eigenvalue weighted by Gasteiger charge is 2.51. The van der Waals surface area contributed by atoms with Crippen molar-refractivity contribution >= 4 is 29.6 Å². The standard InChI is InChI=1S/C27H30BN5O3S/c1-15-16(2)37-25-22(15)23(18-8-10-19(11-9-18)28-35-26(4,5)27(6,7)36-28)30-20(14-21-29-12-13-34-21)24-32-31-17(3)33(24)25/h8-13,20H,14H2,1-7H3/t20-/m0/s1. The molecule has 0 unspecified atom stereocenters. The number of rotatable bonds is 4. The van der Waals surface area contributed by atoms with E-state index in [9.17, 15) is 0 Å². The molecule has 8 nitrogen and oxygen atoms in total. The number of hydrogen-bond acceptors (Lipinski definition) is 8. The SMILES string of the molecule is Cc1sc2c(c1C)C(c1ccc(B3OC(C)(C)C(C)(C)O3)cc1)=N[C@@H](Cc1ncco1)c1nnc(C)n1-2. The van der Waals surface area contributed by atoms with Gasteiger partial charge in [-0.2, -0.15) is 0 Å². The van der Waals surface area contributed by atoms with Crippen molar-refractivity contribution in [2.24, 2.45) is 4.99 Å². The van der Waals surface area contributed by atoms with Crippen LogP contribution in [0.2, 0.25) is 0 Å². The molecule has 1 saturated heterocycles. The highest BCUT2D eigenvalue weighted by atomic mass is 32.1. The van der Waals surface area contributed by atoms with E-state index in [0.717, 1.165) is 39.0 Å². The minimum atomic E-state index is -0.410. The second kappa shape index (κ2) is 8.47. The van der Waals surface area contributed by atoms with Crippen molar-refractivity contribution in [3.8, 4) is 5.00 Å². The summed E-state index contributed by atoms with van der Waals surface area (Å²) in [4.78, 5) is 10.9. The maximum Gasteiger partial charge on any atom is 0.494 e. The lowest BCUT2D eigenvalue weighted by Crippen LogP contribution is -2.41. The lowest BCUT2D eigenvalue weighted by atomic mass is 9.78. The van der Waals surface area contributed by atoms with Crippen LogP contribution in [0.1, 0.15) is 72.8 Å². The lowest BCUT2D eigenvalue weighted by molar-refractivity contribution is 0.00578. The van der Waals surface area contributed by atoms with Crippen LogP contribution < -0.4 is 5.46 Å². The van der Waals surface area contributed by atoms with E-state index in [1.807, 2.05) is 6.92 Å². The zero-order valence-corrected chi connectivity index (χ0v) is 23.0. The second-order valence-electron chi connectivity index (χ2n) is 10.7. The Labute approximate surface area is 220 Å². The molecule has 0 bridgehead atoms. The van der Waals surface area contributed by atoms with Gasteiger partial charge in [-0.3, -0.25) is 9.56 Å². The van der Waals surface area contributed by atoms with E-state index in [1.54, 1.807) is 23.8 Å². The summed E-state index contributed by atoms with van der Waals surface area (Å²) in [6.45, 7) is 14.6. The van der Waals surface area contributed by atoms with Gasteiger partial charge in [0.15, 0.2) is 11.7 Å². The fourth-order valence-electron chi connectivity index (χ4n) is 4.82. The quantitative estimate of drug-likeness (QED) is 0.367. The molecular formula is C27H30BN5O3S. The van der Waals surface area contributed by atoms with Crippen molar-refractivity contribution < 1.29 is 13.7 Å². The molecule has 3 aromatic heterocycles. The van der Waals surface area contributed by atoms with E-state index in [0.29, 0.717) is 12.3 Å². The first-order valence-corrected chi connectivity index (χ1v) is 13.3. The van der Waals surface area contributed by atoms with Crippen LogP contribution in [0.15, 0.2) is 46.1 Å². The third-order valence-corrected chi connectivity index (χ3v) is 8.99. The minimum absolute atomic E-state index is 0.295. The highest BCUT2D eigenvalue weighted by molar-refractivity contribution is 7.15. The third-order valence-electron chi connectivity index (χ3n) is 7.80. The normalized spacial score (nSPS) is 19.9. The summed E-state index contributed by atoms with van der Waals surface area (Å²) in [5, 5.41) is 10.0. The van der Waals surface area contributed by atoms with Gasteiger partial charge in [-0.1, -0.05) is 24.3 Å². The summed E-state index contributed by atoms with van der Waals surface area (Å²) < 4.78 is 20.3. The Hall–Kier alpha value is -3.08. The summed E-state index contributed by atoms with van der Waals surface area (Å²) in [5.41, 5.74) is 4.49. The van der Waals surface area contributed by atoms with E-state index in [1.165, 1.54) is 10.4 Å². The van der Waals surface area contributed by atoms with Gasteiger partial charge in [0.05, 0.1) is 29.5 Å². The fraction of sp³-hybridized carbons (Fsp3) is 0.407. The van der Waals surface area contributed by atoms with Crippen LogP contribution in [0.4, 0.5) is 0 Å². The van der Waals surface area contributed by atoms with Crippen LogP contribution >= 0.6 is 11.3 Å². The monoisotopic (exact) mass is 515 g/mol. The number of aryl methyl sites for hydroxylation is 2. The van der Waals surface area contributed by atoms with E-state index < -0.39 is 7.12 Å². The zero-order valence-electron chi connectivity index (χ0n) is 22.2. The lowest BCUT2D eigenvalue weighted by Gasteiger charge is -2.32. The number of thiophene rings is 1. The van der Waals surface area contributed by atoms with Crippen LogP contribution in [0.25, 0.3) is 5.00 Å². The predicted molar refractivity (Wildman–Crippen MR) is 144 cm³/mol. The molecule has 5 heterocycles. The molecule has 2 aliphatic rings. The van der Waals surface area contributed by atoms with Gasteiger partial charge in [-0.15, -0.1) is 21.5 Å². The van der Waals surface area contributed by atoms with Crippen molar-refractivity contribution in [3.05, 3.63) is 75.8 Å². The van der Waals surface area contributed by atoms with Crippen LogP contribution in [0.5, 0.6) is 0 Å². The fourth-order valence-corrected chi connectivity index (χ4v) is 6.04. The molecule has 0 radical (unpaired) electrons. The van der Waals surface area contributed by atoms with E-state index in [-0.39, 0.29) is 17.2 Å². The third kappa shape index (κ3) is 3.89. The van der Waals surface area contributed by atoms with Crippen molar-refractivity contribution in [2.45, 2.75) is 72.1 Å². The number of hydrogen-bond donors (Lipinski definition) is 0. The summed E-state index contributed by atoms with van der Waals surface area (Å²) >= 11 is 1.75. The molecule has 0 aliphatic carbocycles. The Kier molecular flexibility index (Phi) is 5.56. The summed E-state index contributed by atoms with van der Waals surface area (Å²) in [6.07, 6.45) is 3.74. The first-order chi connectivity index (χ1) is 17.6. The molecule has 1 aromatic carbocycles. The molecule has 10 heteroatoms. The molecule has 190 valence electrons. The van der Waals surface area contributed by atoms with Gasteiger partial charge in [0.2, 0.25) is 0 Å². The average molecular weight is 515 g/mol. The number of nitrogens with zero attached hydrogens (tertiary/aromatic N) is 5. The van der Waals surface area contributed by atoms with Gasteiger partial charge in [0.25, 0.3) is 0 Å². The van der Waals surface area contributed by atoms with Crippen LogP contribution in [0.3, 0.4) is 0 Å². The van der Waals surface area contributed by atoms with Crippen molar-refractivity contribution in [1.82, 2.24) is 19.7 Å². The molecule has 37 heavy (non-hydrogen) atoms. The molecule has 4 aromatic rings. The molecule has 1 atom stereocenters. The van der Waals surface area contributed by atoms with E-state index in [4.69, 9.17) is 18.7 Å². The molecular weight excluding hydrogens is 485 g/mol. The van der Waals surface area contributed by atoms with Gasteiger partial charge in [-0.05, 0) is 59.5 Å². The first-order valence-electron chi connectivity index (χ1n) is 12.5. The number of benzene rings is 1. The van der Waals surface area contributed by atoms with Crippen molar-refractivity contribution in [3.63, 3.8) is 0 Å². The Morgan fingerprint density at radius 2 is 1.70 bits per heavy atom. The summed E-state index contributed by atoms with van der Waals surface area (Å²) in [7, 11) is -0.410. The molecule has 0 spiro atoms. The average Bonchev–Trinajstić information content (AvgIpc) is 3.58. The molecule has 6 rings (SSSR count). The minimum Gasteiger partial charge on any atom is -0.449 e. The number of fused-ring (bicyclic) bond motifs is 3. The zero-order chi connectivity index (χ0) is 26.1. The van der Waals surface area contributed by atoms with Gasteiger partial charge in [0.1, 0.15) is 23.1 Å². The molecule has 0 saturated carbocycles. The smallest absolute Gasteiger partial charge is 0.449 e. The van der Waals surface area contributed by atoms with Crippen molar-refractivity contribution in [1.29, 1.82) is 0 Å². The Morgan fingerprint density at radius 1 is 1.00 bits per heavy atom. The molecule has 0 N–H and O–H groups in total. The molecule has 0 amide bonds. The van der Waals surface area contributed by atoms with Crippen LogP contribution in [-0.2, 0) is 15.7 Å². The van der Waals surface area contributed by atoms with Gasteiger partial charge < -0.3 is 13.7 Å². The maximum atomic E-state index is 6.27. The van der Waals surface area contributed by atoms with Gasteiger partial charge in [0, 0.05) is 16.0 Å². The van der Waals surface area contributed by atoms with Crippen molar-refractivity contribution in [2.75, 3.05) is 0 Å². The van der Waals surface area contributed by atoms with Crippen LogP contribution in [-0.4, -0.2) is 43.8 Å². The Bertz CT molecular complexity index is 1490. The van der Waals surface area contributed by atoms with Gasteiger partial charge in [-0.25, -0.2) is 4.98 Å². The number of oxazole rings is 1. The topological polar surface area (TPSA) is 87.6 Å². The van der Waals surface area contributed by atoms with Crippen LogP contribution in [0, 0.1) is 20.8 Å². The Morgan fingerprint density at radius 3 is 2.35 bits per heavy atom.